The highest BCUT2D eigenvalue weighted by atomic mass is 15.1. The fourth-order valence-electron chi connectivity index (χ4n) is 3.94. The number of aryl methyl sites for hydroxylation is 3. The number of aromatic nitrogens is 3. The monoisotopic (exact) mass is 396 g/mol. The lowest BCUT2D eigenvalue weighted by Crippen LogP contribution is -2.06. The van der Waals surface area contributed by atoms with Crippen LogP contribution in [-0.4, -0.2) is 14.5 Å². The maximum Gasteiger partial charge on any atom is 0.160 e. The van der Waals surface area contributed by atoms with Crippen LogP contribution in [0.1, 0.15) is 46.7 Å². The molecular weight excluding hydrogens is 372 g/mol. The van der Waals surface area contributed by atoms with Crippen LogP contribution in [-0.2, 0) is 13.0 Å². The summed E-state index contributed by atoms with van der Waals surface area (Å²) in [5.74, 6) is 1.02. The lowest BCUT2D eigenvalue weighted by Gasteiger charge is -2.14. The van der Waals surface area contributed by atoms with Gasteiger partial charge in [0, 0.05) is 17.0 Å². The maximum absolute atomic E-state index is 9.11. The predicted molar refractivity (Wildman–Crippen MR) is 119 cm³/mol. The Morgan fingerprint density at radius 2 is 1.77 bits per heavy atom. The van der Waals surface area contributed by atoms with E-state index in [1.54, 1.807) is 0 Å². The van der Waals surface area contributed by atoms with Crippen LogP contribution in [0.15, 0.2) is 65.8 Å². The van der Waals surface area contributed by atoms with E-state index >= 15 is 0 Å². The van der Waals surface area contributed by atoms with Crippen molar-refractivity contribution in [1.82, 2.24) is 14.5 Å². The van der Waals surface area contributed by atoms with Crippen LogP contribution in [0.5, 0.6) is 0 Å². The summed E-state index contributed by atoms with van der Waals surface area (Å²) in [6.07, 6.45) is 0.833. The van der Waals surface area contributed by atoms with Crippen molar-refractivity contribution >= 4 is 11.2 Å². The third-order valence-corrected chi connectivity index (χ3v) is 5.31. The zero-order chi connectivity index (χ0) is 21.1. The minimum absolute atomic E-state index is 0.357. The van der Waals surface area contributed by atoms with E-state index in [2.05, 4.69) is 46.6 Å². The van der Waals surface area contributed by atoms with Gasteiger partial charge in [0.05, 0.1) is 12.6 Å². The summed E-state index contributed by atoms with van der Waals surface area (Å²) in [6.45, 7) is 6.88. The Hall–Kier alpha value is -3.63. The third kappa shape index (κ3) is 3.78. The number of hydrogen-bond donors (Lipinski definition) is 0. The van der Waals surface area contributed by atoms with Crippen molar-refractivity contribution in [2.45, 2.75) is 39.8 Å². The Bertz CT molecular complexity index is 1240. The summed E-state index contributed by atoms with van der Waals surface area (Å²) in [5, 5.41) is 4.06. The number of pyridine rings is 1. The molecule has 0 radical (unpaired) electrons. The SMILES string of the molecule is CCc1nc2c(C)cc(C)nc2n1Cc1cccc(C(N=[N+]=[N-])c2ccccc2)c1. The number of rotatable bonds is 6. The molecule has 0 bridgehead atoms. The van der Waals surface area contributed by atoms with Gasteiger partial charge in [-0.1, -0.05) is 66.6 Å². The first-order valence-electron chi connectivity index (χ1n) is 10.1. The molecule has 6 nitrogen and oxygen atoms in total. The number of benzene rings is 2. The normalized spacial score (nSPS) is 12.0. The van der Waals surface area contributed by atoms with E-state index in [1.807, 2.05) is 49.4 Å². The molecule has 1 atom stereocenters. The molecule has 4 rings (SSSR count). The first-order valence-corrected chi connectivity index (χ1v) is 10.1. The van der Waals surface area contributed by atoms with Crippen molar-refractivity contribution in [3.8, 4) is 0 Å². The van der Waals surface area contributed by atoms with E-state index in [4.69, 9.17) is 15.5 Å². The van der Waals surface area contributed by atoms with Crippen molar-refractivity contribution in [1.29, 1.82) is 0 Å². The molecule has 0 saturated carbocycles. The Morgan fingerprint density at radius 3 is 2.50 bits per heavy atom. The lowest BCUT2D eigenvalue weighted by molar-refractivity contribution is 0.742. The zero-order valence-corrected chi connectivity index (χ0v) is 17.4. The number of azide groups is 1. The topological polar surface area (TPSA) is 79.5 Å². The minimum Gasteiger partial charge on any atom is -0.308 e. The summed E-state index contributed by atoms with van der Waals surface area (Å²) in [5.41, 5.74) is 16.2. The van der Waals surface area contributed by atoms with Gasteiger partial charge in [-0.15, -0.1) is 0 Å². The van der Waals surface area contributed by atoms with Gasteiger partial charge in [-0.25, -0.2) is 9.97 Å². The smallest absolute Gasteiger partial charge is 0.160 e. The summed E-state index contributed by atoms with van der Waals surface area (Å²) >= 11 is 0. The highest BCUT2D eigenvalue weighted by molar-refractivity contribution is 5.76. The molecule has 0 aliphatic heterocycles. The second kappa shape index (κ2) is 8.39. The molecule has 2 aromatic heterocycles. The summed E-state index contributed by atoms with van der Waals surface area (Å²) in [4.78, 5) is 12.7. The van der Waals surface area contributed by atoms with Crippen molar-refractivity contribution in [3.05, 3.63) is 105 Å². The van der Waals surface area contributed by atoms with Crippen molar-refractivity contribution in [2.24, 2.45) is 5.11 Å². The molecule has 30 heavy (non-hydrogen) atoms. The second-order valence-electron chi connectivity index (χ2n) is 7.48. The minimum atomic E-state index is -0.357. The molecule has 150 valence electrons. The van der Waals surface area contributed by atoms with Crippen LogP contribution < -0.4 is 0 Å². The lowest BCUT2D eigenvalue weighted by atomic mass is 9.98. The van der Waals surface area contributed by atoms with Gasteiger partial charge < -0.3 is 4.57 Å². The van der Waals surface area contributed by atoms with Gasteiger partial charge in [-0.3, -0.25) is 0 Å². The van der Waals surface area contributed by atoms with Crippen molar-refractivity contribution < 1.29 is 0 Å². The van der Waals surface area contributed by atoms with E-state index in [9.17, 15) is 0 Å². The highest BCUT2D eigenvalue weighted by Gasteiger charge is 2.16. The van der Waals surface area contributed by atoms with Crippen molar-refractivity contribution in [2.75, 3.05) is 0 Å². The van der Waals surface area contributed by atoms with Crippen LogP contribution >= 0.6 is 0 Å². The van der Waals surface area contributed by atoms with E-state index in [1.165, 1.54) is 0 Å². The average Bonchev–Trinajstić information content (AvgIpc) is 3.10. The molecule has 0 aliphatic carbocycles. The van der Waals surface area contributed by atoms with Crippen LogP contribution in [0, 0.1) is 13.8 Å². The predicted octanol–water partition coefficient (Wildman–Crippen LogP) is 6.06. The standard InChI is InChI=1S/C24H24N6/c1-4-21-27-22-16(2)13-17(3)26-24(22)30(21)15-18-9-8-12-20(14-18)23(28-29-25)19-10-6-5-7-11-19/h5-14,23H,4,15H2,1-3H3. The number of fused-ring (bicyclic) bond motifs is 1. The van der Waals surface area contributed by atoms with Gasteiger partial charge in [0.25, 0.3) is 0 Å². The number of imidazole rings is 1. The molecule has 6 heteroatoms. The van der Waals surface area contributed by atoms with E-state index in [0.717, 1.165) is 51.4 Å². The van der Waals surface area contributed by atoms with Gasteiger partial charge in [-0.2, -0.15) is 0 Å². The van der Waals surface area contributed by atoms with E-state index in [0.29, 0.717) is 6.54 Å². The maximum atomic E-state index is 9.11. The van der Waals surface area contributed by atoms with Gasteiger partial charge in [0.1, 0.15) is 11.3 Å². The zero-order valence-electron chi connectivity index (χ0n) is 17.4. The van der Waals surface area contributed by atoms with Gasteiger partial charge >= 0.3 is 0 Å². The molecule has 2 aromatic carbocycles. The largest absolute Gasteiger partial charge is 0.308 e. The summed E-state index contributed by atoms with van der Waals surface area (Å²) in [7, 11) is 0. The number of nitrogens with zero attached hydrogens (tertiary/aromatic N) is 6. The molecule has 1 unspecified atom stereocenters. The fourth-order valence-corrected chi connectivity index (χ4v) is 3.94. The highest BCUT2D eigenvalue weighted by Crippen LogP contribution is 2.28. The van der Waals surface area contributed by atoms with E-state index in [-0.39, 0.29) is 6.04 Å². The van der Waals surface area contributed by atoms with Gasteiger partial charge in [0.15, 0.2) is 5.65 Å². The quantitative estimate of drug-likeness (QED) is 0.226. The molecule has 0 saturated heterocycles. The van der Waals surface area contributed by atoms with E-state index < -0.39 is 0 Å². The molecule has 0 spiro atoms. The Balaban J connectivity index is 1.76. The summed E-state index contributed by atoms with van der Waals surface area (Å²) < 4.78 is 2.19. The fraction of sp³-hybridized carbons (Fsp3) is 0.250. The molecular formula is C24H24N6. The second-order valence-corrected chi connectivity index (χ2v) is 7.48. The first kappa shape index (κ1) is 19.7. The van der Waals surface area contributed by atoms with Crippen molar-refractivity contribution in [3.63, 3.8) is 0 Å². The Kier molecular flexibility index (Phi) is 5.50. The molecule has 0 N–H and O–H groups in total. The van der Waals surface area contributed by atoms with Crippen LogP contribution in [0.3, 0.4) is 0 Å². The van der Waals surface area contributed by atoms with Crippen LogP contribution in [0.25, 0.3) is 21.6 Å². The molecule has 0 amide bonds. The molecule has 0 aliphatic rings. The van der Waals surface area contributed by atoms with Gasteiger partial charge in [0.2, 0.25) is 0 Å². The summed E-state index contributed by atoms with van der Waals surface area (Å²) in [6, 6.07) is 19.8. The average molecular weight is 396 g/mol. The Morgan fingerprint density at radius 1 is 1.00 bits per heavy atom. The molecule has 4 aromatic rings. The van der Waals surface area contributed by atoms with Gasteiger partial charge in [-0.05, 0) is 47.7 Å². The molecule has 0 fully saturated rings. The number of hydrogen-bond acceptors (Lipinski definition) is 3. The van der Waals surface area contributed by atoms with Crippen LogP contribution in [0.4, 0.5) is 0 Å². The third-order valence-electron chi connectivity index (χ3n) is 5.31. The molecule has 2 heterocycles. The van der Waals surface area contributed by atoms with Crippen LogP contribution in [0.2, 0.25) is 0 Å². The Labute approximate surface area is 175 Å². The first-order chi connectivity index (χ1) is 14.6.